The smallest absolute Gasteiger partial charge is 0.502 e. The van der Waals surface area contributed by atoms with Gasteiger partial charge in [0.15, 0.2) is 33.3 Å². The minimum Gasteiger partial charge on any atom is -0.502 e. The van der Waals surface area contributed by atoms with Crippen molar-refractivity contribution in [2.24, 2.45) is 0 Å². The first-order chi connectivity index (χ1) is 27.7. The second-order valence-electron chi connectivity index (χ2n) is 19.6. The van der Waals surface area contributed by atoms with Crippen LogP contribution >= 0.6 is 0 Å². The molecule has 0 aromatic heterocycles. The number of benzene rings is 5. The molecule has 0 unspecified atom stereocenters. The minimum absolute atomic E-state index is 0.743. The molecule has 322 valence electrons. The topological polar surface area (TPSA) is 61.9 Å². The van der Waals surface area contributed by atoms with E-state index in [1.807, 2.05) is 37.4 Å². The Morgan fingerprint density at radius 3 is 0.667 bits per heavy atom. The van der Waals surface area contributed by atoms with E-state index in [0.29, 0.717) is 0 Å². The van der Waals surface area contributed by atoms with E-state index in [1.54, 1.807) is 0 Å². The molecule has 8 nitrogen and oxygen atoms in total. The molecule has 0 spiro atoms. The number of anilines is 6. The van der Waals surface area contributed by atoms with Crippen LogP contribution in [0.4, 0.5) is 34.1 Å². The predicted molar refractivity (Wildman–Crippen MR) is 267 cm³/mol. The van der Waals surface area contributed by atoms with Crippen LogP contribution in [0.1, 0.15) is 11.1 Å². The van der Waals surface area contributed by atoms with Crippen LogP contribution in [0.25, 0.3) is 0 Å². The highest BCUT2D eigenvalue weighted by molar-refractivity contribution is 6.86. The van der Waals surface area contributed by atoms with Crippen LogP contribution in [0.2, 0.25) is 91.7 Å². The minimum atomic E-state index is -2.96. The highest BCUT2D eigenvalue weighted by Crippen LogP contribution is 2.40. The summed E-state index contributed by atoms with van der Waals surface area (Å²) in [6.07, 6.45) is 0. The van der Waals surface area contributed by atoms with Gasteiger partial charge < -0.3 is 35.1 Å². The van der Waals surface area contributed by atoms with Crippen LogP contribution < -0.4 is 18.7 Å². The van der Waals surface area contributed by atoms with Gasteiger partial charge in [-0.05, 0) is 189 Å². The normalized spacial score (nSPS) is 12.9. The lowest BCUT2D eigenvalue weighted by Crippen LogP contribution is -2.56. The van der Waals surface area contributed by atoms with Gasteiger partial charge in [-0.3, -0.25) is 0 Å². The largest absolute Gasteiger partial charge is 0.541 e. The molecule has 0 amide bonds. The molecular weight excluding hydrogens is 845 g/mol. The summed E-state index contributed by atoms with van der Waals surface area (Å²) >= 11 is 0. The molecular formula is C46H68N2O6Si6. The summed E-state index contributed by atoms with van der Waals surface area (Å²) in [5.74, 6) is 1.49. The van der Waals surface area contributed by atoms with Crippen molar-refractivity contribution in [2.75, 3.05) is 9.80 Å². The van der Waals surface area contributed by atoms with Crippen LogP contribution in [-0.4, -0.2) is 50.9 Å². The Bertz CT molecular complexity index is 1960. The van der Waals surface area contributed by atoms with Gasteiger partial charge in [0.05, 0.1) is 0 Å². The van der Waals surface area contributed by atoms with Gasteiger partial charge in [-0.1, -0.05) is 35.4 Å². The van der Waals surface area contributed by atoms with Crippen LogP contribution in [-0.2, 0) is 16.5 Å². The van der Waals surface area contributed by atoms with Gasteiger partial charge in [-0.2, -0.15) is 0 Å². The molecule has 5 rings (SSSR count). The van der Waals surface area contributed by atoms with Crippen molar-refractivity contribution in [1.82, 2.24) is 0 Å². The van der Waals surface area contributed by atoms with Gasteiger partial charge in [0.2, 0.25) is 0 Å². The van der Waals surface area contributed by atoms with Gasteiger partial charge in [-0.25, -0.2) is 0 Å². The zero-order chi connectivity index (χ0) is 44.3. The number of aryl methyl sites for hydroxylation is 2. The lowest BCUT2D eigenvalue weighted by Gasteiger charge is -2.37. The third-order valence-electron chi connectivity index (χ3n) is 8.71. The Morgan fingerprint density at radius 1 is 0.283 bits per heavy atom. The Morgan fingerprint density at radius 2 is 0.467 bits per heavy atom. The summed E-state index contributed by atoms with van der Waals surface area (Å²) in [6.45, 7) is 34.5. The van der Waals surface area contributed by atoms with Crippen molar-refractivity contribution in [3.05, 3.63) is 132 Å². The molecule has 5 aromatic carbocycles. The first-order valence-corrected chi connectivity index (χ1v) is 39.0. The molecule has 0 aliphatic heterocycles. The van der Waals surface area contributed by atoms with Crippen molar-refractivity contribution < 1.29 is 25.3 Å². The van der Waals surface area contributed by atoms with E-state index in [2.05, 4.69) is 199 Å². The van der Waals surface area contributed by atoms with E-state index < -0.39 is 50.9 Å². The molecule has 0 radical (unpaired) electrons. The summed E-state index contributed by atoms with van der Waals surface area (Å²) in [6, 6.07) is 42.6. The number of rotatable bonds is 18. The molecule has 5 aromatic rings. The van der Waals surface area contributed by atoms with E-state index in [-0.39, 0.29) is 0 Å². The average Bonchev–Trinajstić information content (AvgIpc) is 3.08. The summed E-state index contributed by atoms with van der Waals surface area (Å²) < 4.78 is 39.8. The fourth-order valence-corrected chi connectivity index (χ4v) is 27.8. The van der Waals surface area contributed by atoms with E-state index in [9.17, 15) is 0 Å². The molecule has 0 heterocycles. The Kier molecular flexibility index (Phi) is 14.6. The maximum absolute atomic E-state index is 6.64. The highest BCUT2D eigenvalue weighted by Gasteiger charge is 2.46. The van der Waals surface area contributed by atoms with Gasteiger partial charge in [0.1, 0.15) is 11.5 Å². The summed E-state index contributed by atoms with van der Waals surface area (Å²) in [4.78, 5) is 4.55. The lowest BCUT2D eigenvalue weighted by atomic mass is 10.1. The van der Waals surface area contributed by atoms with E-state index in [0.717, 1.165) is 45.6 Å². The SMILES string of the molecule is Cc1ccc(N(c2ccc(O[Si](C)(O[Si](C)(C)C)O[Si](C)(C)C)cc2)c2ccc(N(c3ccc(C)cc3)c3ccc(O[Si](C)(O[Si](C)(C)C)O[Si](C)(C)C)cc3)cc2)cc1. The summed E-state index contributed by atoms with van der Waals surface area (Å²) in [5.41, 5.74) is 8.61. The first-order valence-electron chi connectivity index (χ1n) is 20.9. The molecule has 60 heavy (non-hydrogen) atoms. The second kappa shape index (κ2) is 18.4. The van der Waals surface area contributed by atoms with Gasteiger partial charge in [-0.15, -0.1) is 0 Å². The molecule has 0 fully saturated rings. The lowest BCUT2D eigenvalue weighted by molar-refractivity contribution is 0.264. The standard InChI is InChI=1S/C46H68N2O6Si6/c1-37-17-21-39(22-18-37)47(43-29-33-45(34-30-43)49-59(15,51-55(3,4)5)52-56(6,7)8)41-25-27-42(28-26-41)48(40-23-19-38(2)20-24-40)44-31-35-46(36-32-44)50-60(16,53-57(9,10)11)54-58(12,13)14/h17-36H,1-16H3. The van der Waals surface area contributed by atoms with Crippen molar-refractivity contribution in [1.29, 1.82) is 0 Å². The second-order valence-corrected chi connectivity index (χ2v) is 43.7. The third kappa shape index (κ3) is 14.3. The number of hydrogen-bond acceptors (Lipinski definition) is 8. The van der Waals surface area contributed by atoms with E-state index >= 15 is 0 Å². The molecule has 14 heteroatoms. The maximum Gasteiger partial charge on any atom is 0.541 e. The highest BCUT2D eigenvalue weighted by atomic mass is 28.5. The first kappa shape index (κ1) is 47.5. The van der Waals surface area contributed by atoms with Crippen molar-refractivity contribution in [2.45, 2.75) is 106 Å². The molecule has 0 saturated carbocycles. The predicted octanol–water partition coefficient (Wildman–Crippen LogP) is 14.5. The molecule has 0 saturated heterocycles. The van der Waals surface area contributed by atoms with Crippen molar-refractivity contribution >= 4 is 85.0 Å². The third-order valence-corrected chi connectivity index (χ3v) is 25.7. The monoisotopic (exact) mass is 912 g/mol. The number of hydrogen-bond donors (Lipinski definition) is 0. The van der Waals surface area contributed by atoms with Gasteiger partial charge in [0.25, 0.3) is 0 Å². The Hall–Kier alpha value is -3.56. The van der Waals surface area contributed by atoms with E-state index in [4.69, 9.17) is 25.3 Å². The quantitative estimate of drug-likeness (QED) is 0.0806. The van der Waals surface area contributed by atoms with Crippen LogP contribution in [0.3, 0.4) is 0 Å². The maximum atomic E-state index is 6.64. The average molecular weight is 914 g/mol. The van der Waals surface area contributed by atoms with Crippen LogP contribution in [0.5, 0.6) is 11.5 Å². The molecule has 0 atom stereocenters. The van der Waals surface area contributed by atoms with Crippen molar-refractivity contribution in [3.8, 4) is 11.5 Å². The van der Waals surface area contributed by atoms with Crippen LogP contribution in [0.15, 0.2) is 121 Å². The molecule has 0 aliphatic carbocycles. The zero-order valence-corrected chi connectivity index (χ0v) is 44.9. The Balaban J connectivity index is 1.49. The molecule has 0 bridgehead atoms. The van der Waals surface area contributed by atoms with Crippen LogP contribution in [0, 0.1) is 13.8 Å². The molecule has 0 N–H and O–H groups in total. The molecule has 0 aliphatic rings. The fraction of sp³-hybridized carbons (Fsp3) is 0.348. The van der Waals surface area contributed by atoms with E-state index in [1.165, 1.54) is 11.1 Å². The Labute approximate surface area is 367 Å². The van der Waals surface area contributed by atoms with Gasteiger partial charge in [0, 0.05) is 47.2 Å². The zero-order valence-electron chi connectivity index (χ0n) is 38.9. The van der Waals surface area contributed by atoms with Gasteiger partial charge >= 0.3 is 17.6 Å². The number of nitrogens with zero attached hydrogens (tertiary/aromatic N) is 2. The summed E-state index contributed by atoms with van der Waals surface area (Å²) in [5, 5.41) is 0. The summed E-state index contributed by atoms with van der Waals surface area (Å²) in [7, 11) is -13.7. The fourth-order valence-electron chi connectivity index (χ4n) is 7.14. The van der Waals surface area contributed by atoms with Crippen molar-refractivity contribution in [3.63, 3.8) is 0 Å².